The third kappa shape index (κ3) is 3.45. The van der Waals surface area contributed by atoms with E-state index in [-0.39, 0.29) is 11.7 Å². The van der Waals surface area contributed by atoms with Crippen LogP contribution in [0.25, 0.3) is 10.9 Å². The van der Waals surface area contributed by atoms with Crippen molar-refractivity contribution in [3.63, 3.8) is 0 Å². The van der Waals surface area contributed by atoms with E-state index in [1.54, 1.807) is 4.57 Å². The predicted molar refractivity (Wildman–Crippen MR) is 93.8 cm³/mol. The van der Waals surface area contributed by atoms with Crippen molar-refractivity contribution < 1.29 is 4.74 Å². The molecular formula is C16H17BrN2O2S. The molecule has 0 aliphatic carbocycles. The Labute approximate surface area is 141 Å². The second-order valence-electron chi connectivity index (χ2n) is 5.27. The normalized spacial score (nSPS) is 18.0. The van der Waals surface area contributed by atoms with Gasteiger partial charge in [-0.15, -0.1) is 0 Å². The lowest BCUT2D eigenvalue weighted by atomic mass is 10.2. The average molecular weight is 381 g/mol. The standard InChI is InChI=1S/C16H17BrN2O2S/c1-11(17)10-22-16-18-14-7-3-2-6-13(14)15(20)19(16)9-12-5-4-8-21-12/h2-3,6-7,12H,1,4-5,8-10H2. The molecule has 1 aromatic heterocycles. The SMILES string of the molecule is C=C(Br)CSc1nc2ccccc2c(=O)n1CC1CCCO1. The highest BCUT2D eigenvalue weighted by Gasteiger charge is 2.20. The van der Waals surface area contributed by atoms with Gasteiger partial charge in [0.15, 0.2) is 5.16 Å². The minimum absolute atomic E-state index is 0.00350. The van der Waals surface area contributed by atoms with Crippen LogP contribution >= 0.6 is 27.7 Å². The van der Waals surface area contributed by atoms with E-state index in [4.69, 9.17) is 4.74 Å². The summed E-state index contributed by atoms with van der Waals surface area (Å²) in [4.78, 5) is 17.5. The molecule has 6 heteroatoms. The number of rotatable bonds is 5. The van der Waals surface area contributed by atoms with Crippen LogP contribution in [0.3, 0.4) is 0 Å². The zero-order valence-electron chi connectivity index (χ0n) is 12.1. The predicted octanol–water partition coefficient (Wildman–Crippen LogP) is 3.58. The molecule has 1 aliphatic rings. The van der Waals surface area contributed by atoms with E-state index in [1.165, 1.54) is 11.8 Å². The highest BCUT2D eigenvalue weighted by molar-refractivity contribution is 9.11. The topological polar surface area (TPSA) is 44.1 Å². The second kappa shape index (κ2) is 6.98. The number of hydrogen-bond acceptors (Lipinski definition) is 4. The van der Waals surface area contributed by atoms with Gasteiger partial charge in [0.2, 0.25) is 0 Å². The first-order chi connectivity index (χ1) is 10.6. The number of halogens is 1. The molecule has 2 heterocycles. The van der Waals surface area contributed by atoms with Crippen LogP contribution < -0.4 is 5.56 Å². The Morgan fingerprint density at radius 3 is 3.05 bits per heavy atom. The maximum absolute atomic E-state index is 12.8. The molecule has 1 fully saturated rings. The van der Waals surface area contributed by atoms with Crippen LogP contribution in [0.15, 0.2) is 45.3 Å². The van der Waals surface area contributed by atoms with Gasteiger partial charge in [-0.25, -0.2) is 4.98 Å². The minimum atomic E-state index is 0.00350. The molecule has 0 saturated carbocycles. The van der Waals surface area contributed by atoms with Crippen molar-refractivity contribution in [1.29, 1.82) is 0 Å². The summed E-state index contributed by atoms with van der Waals surface area (Å²) in [6.07, 6.45) is 2.16. The maximum atomic E-state index is 12.8. The molecule has 4 nitrogen and oxygen atoms in total. The van der Waals surface area contributed by atoms with Crippen molar-refractivity contribution in [3.05, 3.63) is 45.7 Å². The Balaban J connectivity index is 2.03. The maximum Gasteiger partial charge on any atom is 0.262 e. The summed E-state index contributed by atoms with van der Waals surface area (Å²) >= 11 is 4.88. The largest absolute Gasteiger partial charge is 0.376 e. The summed E-state index contributed by atoms with van der Waals surface area (Å²) in [6, 6.07) is 7.47. The van der Waals surface area contributed by atoms with Gasteiger partial charge in [-0.1, -0.05) is 46.4 Å². The lowest BCUT2D eigenvalue weighted by Crippen LogP contribution is -2.28. The Bertz CT molecular complexity index is 753. The first kappa shape index (κ1) is 15.8. The van der Waals surface area contributed by atoms with Crippen molar-refractivity contribution in [1.82, 2.24) is 9.55 Å². The van der Waals surface area contributed by atoms with E-state index in [0.29, 0.717) is 17.7 Å². The summed E-state index contributed by atoms with van der Waals surface area (Å²) in [5, 5.41) is 1.38. The van der Waals surface area contributed by atoms with Crippen LogP contribution in [0, 0.1) is 0 Å². The van der Waals surface area contributed by atoms with Crippen molar-refractivity contribution in [3.8, 4) is 0 Å². The number of hydrogen-bond donors (Lipinski definition) is 0. The van der Waals surface area contributed by atoms with Crippen molar-refractivity contribution in [2.24, 2.45) is 0 Å². The first-order valence-electron chi connectivity index (χ1n) is 7.22. The zero-order chi connectivity index (χ0) is 15.5. The minimum Gasteiger partial charge on any atom is -0.376 e. The van der Waals surface area contributed by atoms with Crippen LogP contribution in [0.2, 0.25) is 0 Å². The average Bonchev–Trinajstić information content (AvgIpc) is 3.01. The third-order valence-corrected chi connectivity index (χ3v) is 5.31. The van der Waals surface area contributed by atoms with Gasteiger partial charge in [-0.3, -0.25) is 9.36 Å². The van der Waals surface area contributed by atoms with Gasteiger partial charge in [-0.05, 0) is 29.5 Å². The monoisotopic (exact) mass is 380 g/mol. The smallest absolute Gasteiger partial charge is 0.262 e. The summed E-state index contributed by atoms with van der Waals surface area (Å²) in [5.41, 5.74) is 0.738. The summed E-state index contributed by atoms with van der Waals surface area (Å²) < 4.78 is 8.31. The van der Waals surface area contributed by atoms with Gasteiger partial charge >= 0.3 is 0 Å². The molecule has 0 bridgehead atoms. The number of aromatic nitrogens is 2. The number of nitrogens with zero attached hydrogens (tertiary/aromatic N) is 2. The third-order valence-electron chi connectivity index (χ3n) is 3.59. The fourth-order valence-electron chi connectivity index (χ4n) is 2.55. The summed E-state index contributed by atoms with van der Waals surface area (Å²) in [7, 11) is 0. The Kier molecular flexibility index (Phi) is 5.00. The second-order valence-corrected chi connectivity index (χ2v) is 7.33. The number of para-hydroxylation sites is 1. The lowest BCUT2D eigenvalue weighted by molar-refractivity contribution is 0.0937. The number of fused-ring (bicyclic) bond motifs is 1. The molecule has 22 heavy (non-hydrogen) atoms. The Morgan fingerprint density at radius 2 is 2.32 bits per heavy atom. The number of thioether (sulfide) groups is 1. The molecule has 1 atom stereocenters. The van der Waals surface area contributed by atoms with E-state index in [9.17, 15) is 4.79 Å². The molecule has 0 radical (unpaired) electrons. The molecule has 1 aromatic carbocycles. The molecule has 0 amide bonds. The van der Waals surface area contributed by atoms with Gasteiger partial charge in [0.25, 0.3) is 5.56 Å². The highest BCUT2D eigenvalue weighted by atomic mass is 79.9. The van der Waals surface area contributed by atoms with Crippen LogP contribution in [0.1, 0.15) is 12.8 Å². The number of benzene rings is 1. The molecule has 3 rings (SSSR count). The zero-order valence-corrected chi connectivity index (χ0v) is 14.5. The van der Waals surface area contributed by atoms with Crippen LogP contribution in [0.4, 0.5) is 0 Å². The molecule has 1 unspecified atom stereocenters. The van der Waals surface area contributed by atoms with Gasteiger partial charge in [0, 0.05) is 12.4 Å². The van der Waals surface area contributed by atoms with E-state index < -0.39 is 0 Å². The fourth-order valence-corrected chi connectivity index (χ4v) is 3.66. The Morgan fingerprint density at radius 1 is 1.50 bits per heavy atom. The molecular weight excluding hydrogens is 364 g/mol. The van der Waals surface area contributed by atoms with Crippen LogP contribution in [-0.4, -0.2) is 28.0 Å². The first-order valence-corrected chi connectivity index (χ1v) is 9.00. The van der Waals surface area contributed by atoms with Crippen LogP contribution in [0.5, 0.6) is 0 Å². The molecule has 0 spiro atoms. The van der Waals surface area contributed by atoms with Crippen molar-refractivity contribution >= 4 is 38.6 Å². The van der Waals surface area contributed by atoms with Gasteiger partial charge in [-0.2, -0.15) is 0 Å². The van der Waals surface area contributed by atoms with Crippen molar-refractivity contribution in [2.45, 2.75) is 30.6 Å². The highest BCUT2D eigenvalue weighted by Crippen LogP contribution is 2.23. The quantitative estimate of drug-likeness (QED) is 0.587. The van der Waals surface area contributed by atoms with Crippen LogP contribution in [-0.2, 0) is 11.3 Å². The Hall–Kier alpha value is -1.11. The molecule has 2 aromatic rings. The van der Waals surface area contributed by atoms with E-state index in [2.05, 4.69) is 27.5 Å². The van der Waals surface area contributed by atoms with E-state index >= 15 is 0 Å². The molecule has 1 aliphatic heterocycles. The summed E-state index contributed by atoms with van der Waals surface area (Å²) in [5.74, 6) is 0.677. The van der Waals surface area contributed by atoms with Crippen molar-refractivity contribution in [2.75, 3.05) is 12.4 Å². The van der Waals surface area contributed by atoms with Gasteiger partial charge < -0.3 is 4.74 Å². The van der Waals surface area contributed by atoms with E-state index in [0.717, 1.165) is 34.6 Å². The molecule has 116 valence electrons. The van der Waals surface area contributed by atoms with Gasteiger partial charge in [0.05, 0.1) is 23.6 Å². The fraction of sp³-hybridized carbons (Fsp3) is 0.375. The molecule has 1 saturated heterocycles. The summed E-state index contributed by atoms with van der Waals surface area (Å²) in [6.45, 7) is 5.19. The number of ether oxygens (including phenoxy) is 1. The molecule has 0 N–H and O–H groups in total. The lowest BCUT2D eigenvalue weighted by Gasteiger charge is -2.16. The van der Waals surface area contributed by atoms with Gasteiger partial charge in [0.1, 0.15) is 0 Å². The van der Waals surface area contributed by atoms with E-state index in [1.807, 2.05) is 24.3 Å².